The number of hydrogen-bond acceptors (Lipinski definition) is 1. The molecule has 0 aliphatic carbocycles. The molecule has 0 fully saturated rings. The van der Waals surface area contributed by atoms with Gasteiger partial charge in [-0.1, -0.05) is 37.3 Å². The summed E-state index contributed by atoms with van der Waals surface area (Å²) in [7, 11) is 0. The van der Waals surface area contributed by atoms with Gasteiger partial charge in [0, 0.05) is 6.04 Å². The monoisotopic (exact) mass is 285 g/mol. The summed E-state index contributed by atoms with van der Waals surface area (Å²) in [5.74, 6) is -0.149. The Labute approximate surface area is 127 Å². The van der Waals surface area contributed by atoms with Crippen LogP contribution in [0.4, 0.5) is 4.39 Å². The number of hydrogen-bond donors (Lipinski definition) is 1. The molecule has 1 atom stereocenters. The molecule has 2 aromatic carbocycles. The molecule has 1 N–H and O–H groups in total. The zero-order valence-corrected chi connectivity index (χ0v) is 13.1. The molecule has 0 aliphatic rings. The van der Waals surface area contributed by atoms with Crippen molar-refractivity contribution in [3.05, 3.63) is 70.5 Å². The maximum atomic E-state index is 13.6. The lowest BCUT2D eigenvalue weighted by Gasteiger charge is -2.19. The summed E-state index contributed by atoms with van der Waals surface area (Å²) in [5, 5.41) is 3.48. The highest BCUT2D eigenvalue weighted by atomic mass is 19.1. The van der Waals surface area contributed by atoms with Crippen molar-refractivity contribution in [3.8, 4) is 0 Å². The van der Waals surface area contributed by atoms with Gasteiger partial charge in [0.15, 0.2) is 0 Å². The largest absolute Gasteiger partial charge is 0.310 e. The minimum Gasteiger partial charge on any atom is -0.310 e. The molecule has 0 saturated heterocycles. The van der Waals surface area contributed by atoms with Crippen LogP contribution in [-0.2, 0) is 6.42 Å². The Kier molecular flexibility index (Phi) is 5.51. The third-order valence-corrected chi connectivity index (χ3v) is 3.88. The van der Waals surface area contributed by atoms with Crippen LogP contribution in [-0.4, -0.2) is 6.54 Å². The Morgan fingerprint density at radius 3 is 2.52 bits per heavy atom. The van der Waals surface area contributed by atoms with E-state index in [9.17, 15) is 4.39 Å². The first-order valence-corrected chi connectivity index (χ1v) is 7.65. The minimum absolute atomic E-state index is 0.149. The van der Waals surface area contributed by atoms with E-state index in [1.54, 1.807) is 12.1 Å². The van der Waals surface area contributed by atoms with Gasteiger partial charge < -0.3 is 5.32 Å². The van der Waals surface area contributed by atoms with Crippen LogP contribution in [0, 0.1) is 19.7 Å². The van der Waals surface area contributed by atoms with Crippen molar-refractivity contribution >= 4 is 0 Å². The van der Waals surface area contributed by atoms with Gasteiger partial charge in [0.2, 0.25) is 0 Å². The van der Waals surface area contributed by atoms with Crippen molar-refractivity contribution < 1.29 is 4.39 Å². The second-order valence-corrected chi connectivity index (χ2v) is 5.64. The van der Waals surface area contributed by atoms with E-state index in [1.165, 1.54) is 11.1 Å². The molecule has 0 bridgehead atoms. The summed E-state index contributed by atoms with van der Waals surface area (Å²) in [6.07, 6.45) is 1.97. The average molecular weight is 285 g/mol. The predicted octanol–water partition coefficient (Wildman–Crippen LogP) is 4.73. The van der Waals surface area contributed by atoms with Crippen molar-refractivity contribution in [3.63, 3.8) is 0 Å². The molecule has 2 aromatic rings. The maximum absolute atomic E-state index is 13.6. The highest BCUT2D eigenvalue weighted by Crippen LogP contribution is 2.22. The molecule has 2 heteroatoms. The van der Waals surface area contributed by atoms with Gasteiger partial charge in [0.1, 0.15) is 5.82 Å². The smallest absolute Gasteiger partial charge is 0.123 e. The van der Waals surface area contributed by atoms with E-state index in [1.807, 2.05) is 6.92 Å². The van der Waals surface area contributed by atoms with Gasteiger partial charge in [-0.15, -0.1) is 0 Å². The second kappa shape index (κ2) is 7.37. The van der Waals surface area contributed by atoms with Crippen LogP contribution in [0.3, 0.4) is 0 Å². The highest BCUT2D eigenvalue weighted by Gasteiger charge is 2.12. The van der Waals surface area contributed by atoms with E-state index >= 15 is 0 Å². The van der Waals surface area contributed by atoms with Crippen LogP contribution < -0.4 is 5.32 Å². The van der Waals surface area contributed by atoms with Crippen molar-refractivity contribution in [2.45, 2.75) is 39.7 Å². The Balaban J connectivity index is 2.14. The lowest BCUT2D eigenvalue weighted by Crippen LogP contribution is -2.22. The van der Waals surface area contributed by atoms with Crippen molar-refractivity contribution in [1.29, 1.82) is 0 Å². The van der Waals surface area contributed by atoms with E-state index in [0.29, 0.717) is 0 Å². The van der Waals surface area contributed by atoms with E-state index in [4.69, 9.17) is 0 Å². The number of nitrogens with one attached hydrogen (secondary N) is 1. The predicted molar refractivity (Wildman–Crippen MR) is 87.1 cm³/mol. The number of halogens is 1. The summed E-state index contributed by atoms with van der Waals surface area (Å²) in [4.78, 5) is 0. The molecule has 0 aliphatic heterocycles. The lowest BCUT2D eigenvalue weighted by molar-refractivity contribution is 0.510. The van der Waals surface area contributed by atoms with Crippen LogP contribution in [0.15, 0.2) is 42.5 Å². The fraction of sp³-hybridized carbons (Fsp3) is 0.368. The van der Waals surface area contributed by atoms with Crippen LogP contribution in [0.1, 0.15) is 41.6 Å². The molecule has 0 amide bonds. The van der Waals surface area contributed by atoms with E-state index in [-0.39, 0.29) is 11.9 Å². The summed E-state index contributed by atoms with van der Waals surface area (Å²) in [6.45, 7) is 7.06. The lowest BCUT2D eigenvalue weighted by atomic mass is 9.96. The Morgan fingerprint density at radius 2 is 1.86 bits per heavy atom. The fourth-order valence-electron chi connectivity index (χ4n) is 2.79. The van der Waals surface area contributed by atoms with Gasteiger partial charge >= 0.3 is 0 Å². The SMILES string of the molecule is CCNC(CCc1ccccc1C)c1cc(C)cc(F)c1. The van der Waals surface area contributed by atoms with Crippen LogP contribution >= 0.6 is 0 Å². The molecule has 0 heterocycles. The normalized spacial score (nSPS) is 12.4. The molecule has 112 valence electrons. The van der Waals surface area contributed by atoms with Crippen LogP contribution in [0.5, 0.6) is 0 Å². The molecule has 21 heavy (non-hydrogen) atoms. The van der Waals surface area contributed by atoms with Gasteiger partial charge in [-0.2, -0.15) is 0 Å². The van der Waals surface area contributed by atoms with Gasteiger partial charge in [-0.25, -0.2) is 4.39 Å². The van der Waals surface area contributed by atoms with Gasteiger partial charge in [-0.05, 0) is 67.6 Å². The maximum Gasteiger partial charge on any atom is 0.123 e. The number of benzene rings is 2. The molecule has 1 unspecified atom stereocenters. The number of rotatable bonds is 6. The number of aryl methyl sites for hydroxylation is 3. The van der Waals surface area contributed by atoms with Gasteiger partial charge in [-0.3, -0.25) is 0 Å². The topological polar surface area (TPSA) is 12.0 Å². The molecule has 0 spiro atoms. The Morgan fingerprint density at radius 1 is 1.10 bits per heavy atom. The molecule has 0 saturated carbocycles. The molecular weight excluding hydrogens is 261 g/mol. The highest BCUT2D eigenvalue weighted by molar-refractivity contribution is 5.28. The van der Waals surface area contributed by atoms with E-state index in [0.717, 1.165) is 30.5 Å². The third kappa shape index (κ3) is 4.40. The first-order chi connectivity index (χ1) is 10.1. The first-order valence-electron chi connectivity index (χ1n) is 7.65. The molecular formula is C19H24FN. The molecule has 1 nitrogen and oxygen atoms in total. The minimum atomic E-state index is -0.149. The first kappa shape index (κ1) is 15.7. The van der Waals surface area contributed by atoms with E-state index in [2.05, 4.69) is 49.5 Å². The quantitative estimate of drug-likeness (QED) is 0.809. The fourth-order valence-corrected chi connectivity index (χ4v) is 2.79. The average Bonchev–Trinajstić information content (AvgIpc) is 2.44. The molecule has 2 rings (SSSR count). The summed E-state index contributed by atoms with van der Waals surface area (Å²) in [6, 6.07) is 14.0. The third-order valence-electron chi connectivity index (χ3n) is 3.88. The molecule has 0 radical (unpaired) electrons. The zero-order chi connectivity index (χ0) is 15.2. The van der Waals surface area contributed by atoms with Crippen LogP contribution in [0.2, 0.25) is 0 Å². The standard InChI is InChI=1S/C19H24FN/c1-4-21-19(17-11-14(2)12-18(20)13-17)10-9-16-8-6-5-7-15(16)3/h5-8,11-13,19,21H,4,9-10H2,1-3H3. The Hall–Kier alpha value is -1.67. The summed E-state index contributed by atoms with van der Waals surface area (Å²) >= 11 is 0. The summed E-state index contributed by atoms with van der Waals surface area (Å²) < 4.78 is 13.6. The van der Waals surface area contributed by atoms with Crippen molar-refractivity contribution in [1.82, 2.24) is 5.32 Å². The Bertz CT molecular complexity index is 572. The van der Waals surface area contributed by atoms with Gasteiger partial charge in [0.25, 0.3) is 0 Å². The zero-order valence-electron chi connectivity index (χ0n) is 13.1. The van der Waals surface area contributed by atoms with Crippen molar-refractivity contribution in [2.75, 3.05) is 6.54 Å². The van der Waals surface area contributed by atoms with Crippen molar-refractivity contribution in [2.24, 2.45) is 0 Å². The van der Waals surface area contributed by atoms with Crippen LogP contribution in [0.25, 0.3) is 0 Å². The summed E-state index contributed by atoms with van der Waals surface area (Å²) in [5.41, 5.74) is 4.71. The van der Waals surface area contributed by atoms with Gasteiger partial charge in [0.05, 0.1) is 0 Å². The second-order valence-electron chi connectivity index (χ2n) is 5.64. The van der Waals surface area contributed by atoms with E-state index < -0.39 is 0 Å². The molecule has 0 aromatic heterocycles.